The van der Waals surface area contributed by atoms with Gasteiger partial charge in [0.15, 0.2) is 0 Å². The second-order valence-electron chi connectivity index (χ2n) is 5.17. The van der Waals surface area contributed by atoms with Crippen LogP contribution in [0.5, 0.6) is 0 Å². The van der Waals surface area contributed by atoms with Crippen molar-refractivity contribution in [3.05, 3.63) is 24.3 Å². The van der Waals surface area contributed by atoms with Crippen LogP contribution in [0, 0.1) is 0 Å². The zero-order chi connectivity index (χ0) is 14.5. The highest BCUT2D eigenvalue weighted by Crippen LogP contribution is 2.09. The molecule has 0 bridgehead atoms. The van der Waals surface area contributed by atoms with E-state index in [-0.39, 0.29) is 5.91 Å². The second kappa shape index (κ2) is 11.4. The van der Waals surface area contributed by atoms with E-state index in [4.69, 9.17) is 0 Å². The average molecular weight is 277 g/mol. The lowest BCUT2D eigenvalue weighted by Gasteiger charge is -2.04. The zero-order valence-electron chi connectivity index (χ0n) is 12.6. The molecule has 1 heterocycles. The largest absolute Gasteiger partial charge is 0.351 e. The van der Waals surface area contributed by atoms with Crippen molar-refractivity contribution in [2.45, 2.75) is 64.7 Å². The minimum Gasteiger partial charge on any atom is -0.351 e. The minimum absolute atomic E-state index is 0.127. The molecule has 0 spiro atoms. The van der Waals surface area contributed by atoms with Gasteiger partial charge in [-0.05, 0) is 6.42 Å². The third kappa shape index (κ3) is 7.87. The lowest BCUT2D eigenvalue weighted by atomic mass is 10.1. The molecule has 0 fully saturated rings. The summed E-state index contributed by atoms with van der Waals surface area (Å²) >= 11 is 0. The molecular formula is C16H27N3O. The molecule has 0 unspecified atom stereocenters. The van der Waals surface area contributed by atoms with Crippen LogP contribution in [-0.4, -0.2) is 22.4 Å². The Morgan fingerprint density at radius 2 is 1.65 bits per heavy atom. The number of carbonyl (C=O) groups is 1. The molecule has 0 saturated carbocycles. The van der Waals surface area contributed by atoms with Crippen LogP contribution in [0.4, 0.5) is 0 Å². The summed E-state index contributed by atoms with van der Waals surface area (Å²) in [5.41, 5.74) is 0.392. The molecule has 0 radical (unpaired) electrons. The van der Waals surface area contributed by atoms with E-state index in [1.807, 2.05) is 0 Å². The van der Waals surface area contributed by atoms with Crippen molar-refractivity contribution < 1.29 is 4.79 Å². The van der Waals surface area contributed by atoms with E-state index in [0.29, 0.717) is 5.69 Å². The van der Waals surface area contributed by atoms with Gasteiger partial charge in [0.05, 0.1) is 6.20 Å². The summed E-state index contributed by atoms with van der Waals surface area (Å²) in [6.07, 6.45) is 16.2. The van der Waals surface area contributed by atoms with Gasteiger partial charge >= 0.3 is 0 Å². The Kier molecular flexibility index (Phi) is 9.45. The molecule has 4 nitrogen and oxygen atoms in total. The number of nitrogens with one attached hydrogen (secondary N) is 1. The SMILES string of the molecule is CCCCCCCCCCCNC(=O)c1cnccn1. The maximum absolute atomic E-state index is 11.7. The number of hydrogen-bond donors (Lipinski definition) is 1. The first-order valence-electron chi connectivity index (χ1n) is 7.88. The fourth-order valence-electron chi connectivity index (χ4n) is 2.14. The molecule has 112 valence electrons. The maximum atomic E-state index is 11.7. The van der Waals surface area contributed by atoms with Gasteiger partial charge in [0.2, 0.25) is 0 Å². The Hall–Kier alpha value is -1.45. The van der Waals surface area contributed by atoms with Crippen molar-refractivity contribution in [3.63, 3.8) is 0 Å². The van der Waals surface area contributed by atoms with E-state index in [9.17, 15) is 4.79 Å². The fraction of sp³-hybridized carbons (Fsp3) is 0.688. The second-order valence-corrected chi connectivity index (χ2v) is 5.17. The van der Waals surface area contributed by atoms with Crippen molar-refractivity contribution in [1.82, 2.24) is 15.3 Å². The molecule has 20 heavy (non-hydrogen) atoms. The normalized spacial score (nSPS) is 10.4. The number of unbranched alkanes of at least 4 members (excludes halogenated alkanes) is 8. The van der Waals surface area contributed by atoms with E-state index in [1.54, 1.807) is 6.20 Å². The Bertz CT molecular complexity index is 354. The number of rotatable bonds is 11. The van der Waals surface area contributed by atoms with Gasteiger partial charge in [-0.1, -0.05) is 58.3 Å². The van der Waals surface area contributed by atoms with E-state index < -0.39 is 0 Å². The van der Waals surface area contributed by atoms with Gasteiger partial charge in [-0.15, -0.1) is 0 Å². The van der Waals surface area contributed by atoms with Crippen molar-refractivity contribution in [3.8, 4) is 0 Å². The van der Waals surface area contributed by atoms with Crippen LogP contribution in [0.25, 0.3) is 0 Å². The lowest BCUT2D eigenvalue weighted by molar-refractivity contribution is 0.0947. The molecule has 4 heteroatoms. The summed E-state index contributed by atoms with van der Waals surface area (Å²) < 4.78 is 0. The Morgan fingerprint density at radius 3 is 2.25 bits per heavy atom. The summed E-state index contributed by atoms with van der Waals surface area (Å²) in [5, 5.41) is 2.88. The van der Waals surface area contributed by atoms with Gasteiger partial charge < -0.3 is 5.32 Å². The molecule has 0 saturated heterocycles. The van der Waals surface area contributed by atoms with Crippen LogP contribution in [0.15, 0.2) is 18.6 Å². The molecule has 0 atom stereocenters. The van der Waals surface area contributed by atoms with Gasteiger partial charge in [0.25, 0.3) is 5.91 Å². The van der Waals surface area contributed by atoms with Crippen molar-refractivity contribution in [1.29, 1.82) is 0 Å². The predicted molar refractivity (Wildman–Crippen MR) is 81.6 cm³/mol. The Labute approximate surface area is 122 Å². The monoisotopic (exact) mass is 277 g/mol. The smallest absolute Gasteiger partial charge is 0.271 e. The standard InChI is InChI=1S/C16H27N3O/c1-2-3-4-5-6-7-8-9-10-11-19-16(20)15-14-17-12-13-18-15/h12-14H,2-11H2,1H3,(H,19,20). The first-order valence-corrected chi connectivity index (χ1v) is 7.88. The summed E-state index contributed by atoms with van der Waals surface area (Å²) in [6.45, 7) is 2.97. The van der Waals surface area contributed by atoms with E-state index in [1.165, 1.54) is 63.8 Å². The van der Waals surface area contributed by atoms with Crippen LogP contribution in [0.3, 0.4) is 0 Å². The van der Waals surface area contributed by atoms with Gasteiger partial charge in [-0.3, -0.25) is 9.78 Å². The summed E-state index contributed by atoms with van der Waals surface area (Å²) in [5.74, 6) is -0.127. The molecule has 1 amide bonds. The Balaban J connectivity index is 1.91. The van der Waals surface area contributed by atoms with Crippen LogP contribution < -0.4 is 5.32 Å². The van der Waals surface area contributed by atoms with Gasteiger partial charge in [0.1, 0.15) is 5.69 Å². The molecule has 1 aromatic heterocycles. The van der Waals surface area contributed by atoms with Gasteiger partial charge in [-0.2, -0.15) is 0 Å². The highest BCUT2D eigenvalue weighted by molar-refractivity contribution is 5.91. The van der Waals surface area contributed by atoms with Gasteiger partial charge in [0, 0.05) is 18.9 Å². The third-order valence-corrected chi connectivity index (χ3v) is 3.36. The van der Waals surface area contributed by atoms with Gasteiger partial charge in [-0.25, -0.2) is 4.98 Å². The summed E-state index contributed by atoms with van der Waals surface area (Å²) in [7, 11) is 0. The zero-order valence-corrected chi connectivity index (χ0v) is 12.6. The van der Waals surface area contributed by atoms with E-state index in [0.717, 1.165) is 13.0 Å². The molecule has 1 rings (SSSR count). The topological polar surface area (TPSA) is 54.9 Å². The molecule has 0 aliphatic rings. The quantitative estimate of drug-likeness (QED) is 0.627. The number of nitrogens with zero attached hydrogens (tertiary/aromatic N) is 2. The fourth-order valence-corrected chi connectivity index (χ4v) is 2.14. The minimum atomic E-state index is -0.127. The van der Waals surface area contributed by atoms with Crippen LogP contribution in [0.2, 0.25) is 0 Å². The molecule has 1 aromatic rings. The first kappa shape index (κ1) is 16.6. The number of aromatic nitrogens is 2. The van der Waals surface area contributed by atoms with Crippen LogP contribution >= 0.6 is 0 Å². The maximum Gasteiger partial charge on any atom is 0.271 e. The molecule has 1 N–H and O–H groups in total. The number of carbonyl (C=O) groups excluding carboxylic acids is 1. The van der Waals surface area contributed by atoms with Crippen molar-refractivity contribution >= 4 is 5.91 Å². The van der Waals surface area contributed by atoms with Crippen LogP contribution in [0.1, 0.15) is 75.2 Å². The number of amides is 1. The summed E-state index contributed by atoms with van der Waals surface area (Å²) in [4.78, 5) is 19.5. The van der Waals surface area contributed by atoms with E-state index >= 15 is 0 Å². The molecule has 0 aliphatic heterocycles. The number of hydrogen-bond acceptors (Lipinski definition) is 3. The van der Waals surface area contributed by atoms with Crippen molar-refractivity contribution in [2.24, 2.45) is 0 Å². The molecular weight excluding hydrogens is 250 g/mol. The average Bonchev–Trinajstić information content (AvgIpc) is 2.50. The Morgan fingerprint density at radius 1 is 1.00 bits per heavy atom. The first-order chi connectivity index (χ1) is 9.84. The third-order valence-electron chi connectivity index (χ3n) is 3.36. The van der Waals surface area contributed by atoms with Crippen molar-refractivity contribution in [2.75, 3.05) is 6.54 Å². The lowest BCUT2D eigenvalue weighted by Crippen LogP contribution is -2.25. The summed E-state index contributed by atoms with van der Waals surface area (Å²) in [6, 6.07) is 0. The highest BCUT2D eigenvalue weighted by atomic mass is 16.1. The molecule has 0 aromatic carbocycles. The predicted octanol–water partition coefficient (Wildman–Crippen LogP) is 3.74. The van der Waals surface area contributed by atoms with Crippen LogP contribution in [-0.2, 0) is 0 Å². The molecule has 0 aliphatic carbocycles. The highest BCUT2D eigenvalue weighted by Gasteiger charge is 2.04. The van der Waals surface area contributed by atoms with E-state index in [2.05, 4.69) is 22.2 Å².